The fraction of sp³-hybridized carbons (Fsp3) is 0.636. The summed E-state index contributed by atoms with van der Waals surface area (Å²) >= 11 is -1.46. The minimum Gasteiger partial charge on any atom is 0 e. The summed E-state index contributed by atoms with van der Waals surface area (Å²) in [7, 11) is 3.00. The number of allylic oxidation sites excluding steroid dienone is 4. The molecule has 3 N–H and O–H groups in total. The van der Waals surface area contributed by atoms with E-state index in [1.165, 1.54) is 4.41 Å². The van der Waals surface area contributed by atoms with Crippen LogP contribution < -0.4 is 0 Å². The van der Waals surface area contributed by atoms with E-state index in [9.17, 15) is 0 Å². The van der Waals surface area contributed by atoms with Gasteiger partial charge in [0.25, 0.3) is 0 Å². The first-order valence-electron chi connectivity index (χ1n) is 4.73. The summed E-state index contributed by atoms with van der Waals surface area (Å²) in [5.41, 5.74) is 0. The zero-order valence-electron chi connectivity index (χ0n) is 11.2. The Kier molecular flexibility index (Phi) is 29.0. The molecule has 5 heteroatoms. The zero-order valence-corrected chi connectivity index (χ0v) is 15.8. The van der Waals surface area contributed by atoms with E-state index in [1.54, 1.807) is 0 Å². The summed E-state index contributed by atoms with van der Waals surface area (Å²) in [6.45, 7) is 0. The number of aliphatic hydroxyl groups excluding tert-OH is 3. The molecule has 1 rings (SSSR count). The fourth-order valence-corrected chi connectivity index (χ4v) is 3.54. The molecule has 1 aliphatic rings. The Hall–Kier alpha value is 0.786. The van der Waals surface area contributed by atoms with Gasteiger partial charge in [-0.15, -0.1) is 0 Å². The molecule has 0 atom stereocenters. The van der Waals surface area contributed by atoms with Gasteiger partial charge < -0.3 is 15.3 Å². The molecule has 0 fully saturated rings. The van der Waals surface area contributed by atoms with Crippen LogP contribution >= 0.6 is 0 Å². The maximum Gasteiger partial charge on any atom is 0 e. The molecule has 0 saturated heterocycles. The molecule has 3 nitrogen and oxygen atoms in total. The van der Waals surface area contributed by atoms with E-state index in [1.807, 2.05) is 0 Å². The van der Waals surface area contributed by atoms with Crippen LogP contribution in [0.25, 0.3) is 0 Å². The predicted octanol–water partition coefficient (Wildman–Crippen LogP) is 1.38. The smallest absolute Gasteiger partial charge is 0 e. The van der Waals surface area contributed by atoms with Gasteiger partial charge in [-0.25, -0.2) is 0 Å². The first-order valence-corrected chi connectivity index (χ1v) is 12.1. The molecule has 1 aliphatic carbocycles. The van der Waals surface area contributed by atoms with Gasteiger partial charge in [-0.05, 0) is 0 Å². The van der Waals surface area contributed by atoms with Crippen LogP contribution in [0, 0.1) is 6.08 Å². The van der Waals surface area contributed by atoms with Crippen LogP contribution in [0.3, 0.4) is 0 Å². The van der Waals surface area contributed by atoms with Crippen molar-refractivity contribution in [3.63, 3.8) is 0 Å². The summed E-state index contributed by atoms with van der Waals surface area (Å²) < 4.78 is 1.54. The van der Waals surface area contributed by atoms with Crippen molar-refractivity contribution in [2.45, 2.75) is 23.7 Å². The van der Waals surface area contributed by atoms with E-state index in [-0.39, 0.29) is 26.2 Å². The normalized spacial score (nSPS) is 11.4. The van der Waals surface area contributed by atoms with Gasteiger partial charge in [0.15, 0.2) is 0 Å². The Morgan fingerprint density at radius 1 is 1.00 bits per heavy atom. The van der Waals surface area contributed by atoms with Crippen molar-refractivity contribution in [2.24, 2.45) is 0 Å². The molecule has 0 heterocycles. The molecule has 0 aliphatic heterocycles. The van der Waals surface area contributed by atoms with Gasteiger partial charge in [-0.3, -0.25) is 0 Å². The molecule has 0 aromatic heterocycles. The van der Waals surface area contributed by atoms with Crippen molar-refractivity contribution >= 4 is 13.3 Å². The Morgan fingerprint density at radius 2 is 1.38 bits per heavy atom. The van der Waals surface area contributed by atoms with Crippen molar-refractivity contribution in [2.75, 3.05) is 21.3 Å². The average Bonchev–Trinajstić information content (AvgIpc) is 2.79. The van der Waals surface area contributed by atoms with E-state index < -0.39 is 13.3 Å². The maximum atomic E-state index is 7.00. The van der Waals surface area contributed by atoms with Gasteiger partial charge in [-0.1, -0.05) is 0 Å². The summed E-state index contributed by atoms with van der Waals surface area (Å²) in [4.78, 5) is 0. The minimum atomic E-state index is -1.46. The maximum absolute atomic E-state index is 7.00. The van der Waals surface area contributed by atoms with Crippen LogP contribution in [0.15, 0.2) is 16.6 Å². The van der Waals surface area contributed by atoms with Crippen molar-refractivity contribution < 1.29 is 41.5 Å². The topological polar surface area (TPSA) is 60.7 Å². The average molecular weight is 369 g/mol. The number of rotatable bonds is 1. The Balaban J connectivity index is -0.0000000900. The molecule has 0 radical (unpaired) electrons. The van der Waals surface area contributed by atoms with Crippen LogP contribution in [0.1, 0.15) is 6.42 Å². The molecule has 0 aromatic rings. The minimum absolute atomic E-state index is 0. The molecular weight excluding hydrogens is 344 g/mol. The first-order chi connectivity index (χ1) is 7.11. The molecule has 0 saturated carbocycles. The van der Waals surface area contributed by atoms with E-state index in [0.29, 0.717) is 0 Å². The molecule has 0 amide bonds. The number of aliphatic hydroxyl groups is 3. The summed E-state index contributed by atoms with van der Waals surface area (Å²) in [5.74, 6) is 7.20. The number of hydrogen-bond acceptors (Lipinski definition) is 3. The van der Waals surface area contributed by atoms with Crippen LogP contribution in [0.4, 0.5) is 0 Å². The summed E-state index contributed by atoms with van der Waals surface area (Å²) in [6, 6.07) is 0. The van der Waals surface area contributed by atoms with Crippen LogP contribution in [0.5, 0.6) is 0 Å². The standard InChI is InChI=1S/C8H13Ge.3CH4O.Zr/c1-9(2,3)8-6-4-5-7-8;3*1-2;/h4,6H,5H2,1-3H3;3*2H,1H3;/q-1;;;;. The monoisotopic (exact) mass is 369 g/mol. The van der Waals surface area contributed by atoms with Gasteiger partial charge in [0.2, 0.25) is 0 Å². The Morgan fingerprint density at radius 3 is 1.50 bits per heavy atom. The number of hydrogen-bond donors (Lipinski definition) is 3. The molecular formula is C11H25GeO3Zr-. The van der Waals surface area contributed by atoms with Gasteiger partial charge >= 0.3 is 59.6 Å². The quantitative estimate of drug-likeness (QED) is 0.484. The Bertz CT molecular complexity index is 175. The SMILES string of the molecule is CO.CO.CO.[CH3][Ge]([CH3])([CH3])[C]1=[C-]CC=C1.[Zr]. The van der Waals surface area contributed by atoms with Crippen LogP contribution in [-0.4, -0.2) is 49.9 Å². The van der Waals surface area contributed by atoms with E-state index in [4.69, 9.17) is 15.3 Å². The second kappa shape index (κ2) is 18.2. The molecule has 0 aromatic carbocycles. The summed E-state index contributed by atoms with van der Waals surface area (Å²) in [6.07, 6.45) is 8.89. The molecule has 0 spiro atoms. The van der Waals surface area contributed by atoms with Gasteiger partial charge in [0.05, 0.1) is 0 Å². The predicted molar refractivity (Wildman–Crippen MR) is 68.3 cm³/mol. The molecule has 0 bridgehead atoms. The second-order valence-electron chi connectivity index (χ2n) is 3.45. The van der Waals surface area contributed by atoms with Crippen molar-refractivity contribution in [1.29, 1.82) is 0 Å². The zero-order chi connectivity index (χ0) is 12.9. The van der Waals surface area contributed by atoms with Crippen LogP contribution in [0.2, 0.25) is 17.3 Å². The third-order valence-corrected chi connectivity index (χ3v) is 5.61. The van der Waals surface area contributed by atoms with Crippen molar-refractivity contribution in [3.8, 4) is 0 Å². The molecule has 96 valence electrons. The van der Waals surface area contributed by atoms with Gasteiger partial charge in [0, 0.05) is 47.5 Å². The molecule has 0 unspecified atom stereocenters. The third-order valence-electron chi connectivity index (χ3n) is 1.50. The van der Waals surface area contributed by atoms with Gasteiger partial charge in [-0.2, -0.15) is 0 Å². The fourth-order valence-electron chi connectivity index (χ4n) is 0.920. The van der Waals surface area contributed by atoms with E-state index in [0.717, 1.165) is 27.8 Å². The van der Waals surface area contributed by atoms with E-state index in [2.05, 4.69) is 35.5 Å². The van der Waals surface area contributed by atoms with Gasteiger partial charge in [0.1, 0.15) is 0 Å². The molecule has 16 heavy (non-hydrogen) atoms. The van der Waals surface area contributed by atoms with E-state index >= 15 is 0 Å². The van der Waals surface area contributed by atoms with Crippen molar-refractivity contribution in [1.82, 2.24) is 0 Å². The first kappa shape index (κ1) is 25.6. The van der Waals surface area contributed by atoms with Crippen LogP contribution in [-0.2, 0) is 26.2 Å². The second-order valence-corrected chi connectivity index (χ2v) is 14.0. The third kappa shape index (κ3) is 14.8. The van der Waals surface area contributed by atoms with Crippen molar-refractivity contribution in [3.05, 3.63) is 22.6 Å². The Labute approximate surface area is 122 Å². The largest absolute Gasteiger partial charge is 0 e. The summed E-state index contributed by atoms with van der Waals surface area (Å²) in [5, 5.41) is 21.0.